The van der Waals surface area contributed by atoms with Gasteiger partial charge >= 0.3 is 0 Å². The largest absolute Gasteiger partial charge is 0.336 e. The Kier molecular flexibility index (Phi) is 2.74. The van der Waals surface area contributed by atoms with Crippen LogP contribution in [0.3, 0.4) is 0 Å². The van der Waals surface area contributed by atoms with E-state index in [4.69, 9.17) is 5.26 Å². The van der Waals surface area contributed by atoms with Gasteiger partial charge in [0.15, 0.2) is 0 Å². The Morgan fingerprint density at radius 2 is 2.47 bits per heavy atom. The number of amides is 1. The van der Waals surface area contributed by atoms with E-state index >= 15 is 0 Å². The zero-order valence-electron chi connectivity index (χ0n) is 8.54. The predicted molar refractivity (Wildman–Crippen MR) is 58.9 cm³/mol. The molecular formula is C11H12N2OS. The minimum absolute atomic E-state index is 0.122. The number of thiophene rings is 1. The van der Waals surface area contributed by atoms with Gasteiger partial charge in [0.1, 0.15) is 6.04 Å². The van der Waals surface area contributed by atoms with Crippen molar-refractivity contribution in [1.82, 2.24) is 5.32 Å². The summed E-state index contributed by atoms with van der Waals surface area (Å²) in [5.74, 6) is -0.122. The van der Waals surface area contributed by atoms with E-state index < -0.39 is 6.04 Å². The van der Waals surface area contributed by atoms with Gasteiger partial charge in [-0.25, -0.2) is 0 Å². The molecule has 0 saturated heterocycles. The zero-order valence-corrected chi connectivity index (χ0v) is 9.36. The van der Waals surface area contributed by atoms with Crippen LogP contribution in [0.15, 0.2) is 6.07 Å². The molecule has 0 aliphatic heterocycles. The van der Waals surface area contributed by atoms with E-state index in [1.807, 2.05) is 12.1 Å². The highest BCUT2D eigenvalue weighted by Crippen LogP contribution is 2.30. The fourth-order valence-corrected chi connectivity index (χ4v) is 2.90. The number of carbonyl (C=O) groups is 1. The van der Waals surface area contributed by atoms with Gasteiger partial charge in [0.05, 0.1) is 10.9 Å². The second-order valence-electron chi connectivity index (χ2n) is 3.74. The number of nitriles is 1. The Balaban J connectivity index is 2.10. The van der Waals surface area contributed by atoms with Crippen molar-refractivity contribution in [3.05, 3.63) is 21.4 Å². The molecule has 15 heavy (non-hydrogen) atoms. The molecule has 78 valence electrons. The Labute approximate surface area is 92.7 Å². The maximum absolute atomic E-state index is 11.7. The number of fused-ring (bicyclic) bond motifs is 1. The van der Waals surface area contributed by atoms with Gasteiger partial charge in [-0.3, -0.25) is 4.79 Å². The lowest BCUT2D eigenvalue weighted by Crippen LogP contribution is -2.30. The molecule has 3 nitrogen and oxygen atoms in total. The van der Waals surface area contributed by atoms with E-state index in [2.05, 4.69) is 5.32 Å². The number of rotatable bonds is 2. The molecule has 1 unspecified atom stereocenters. The third kappa shape index (κ3) is 2.02. The quantitative estimate of drug-likeness (QED) is 0.827. The molecule has 1 heterocycles. The first-order valence-electron chi connectivity index (χ1n) is 5.03. The van der Waals surface area contributed by atoms with Crippen LogP contribution in [0, 0.1) is 11.3 Å². The maximum atomic E-state index is 11.7. The lowest BCUT2D eigenvalue weighted by atomic mass is 10.2. The number of hydrogen-bond donors (Lipinski definition) is 1. The minimum Gasteiger partial charge on any atom is -0.336 e. The summed E-state index contributed by atoms with van der Waals surface area (Å²) in [6.07, 6.45) is 3.39. The van der Waals surface area contributed by atoms with E-state index in [0.29, 0.717) is 0 Å². The van der Waals surface area contributed by atoms with Crippen molar-refractivity contribution in [3.8, 4) is 6.07 Å². The van der Waals surface area contributed by atoms with Crippen molar-refractivity contribution in [1.29, 1.82) is 5.26 Å². The van der Waals surface area contributed by atoms with Crippen molar-refractivity contribution in [2.45, 2.75) is 32.2 Å². The van der Waals surface area contributed by atoms with Crippen molar-refractivity contribution >= 4 is 17.2 Å². The molecule has 1 aliphatic carbocycles. The van der Waals surface area contributed by atoms with Crippen LogP contribution in [0.4, 0.5) is 0 Å². The van der Waals surface area contributed by atoms with Gasteiger partial charge in [0.25, 0.3) is 5.91 Å². The molecule has 1 atom stereocenters. The molecule has 1 aromatic heterocycles. The van der Waals surface area contributed by atoms with E-state index in [1.165, 1.54) is 16.9 Å². The molecule has 1 N–H and O–H groups in total. The van der Waals surface area contributed by atoms with Gasteiger partial charge in [-0.1, -0.05) is 0 Å². The van der Waals surface area contributed by atoms with Gasteiger partial charge in [-0.05, 0) is 37.8 Å². The van der Waals surface area contributed by atoms with Crippen molar-refractivity contribution < 1.29 is 4.79 Å². The number of aryl methyl sites for hydroxylation is 2. The number of hydrogen-bond acceptors (Lipinski definition) is 3. The summed E-state index contributed by atoms with van der Waals surface area (Å²) < 4.78 is 0. The average Bonchev–Trinajstić information content (AvgIpc) is 2.76. The highest BCUT2D eigenvalue weighted by atomic mass is 32.1. The van der Waals surface area contributed by atoms with Crippen LogP contribution in [0.25, 0.3) is 0 Å². The van der Waals surface area contributed by atoms with Crippen LogP contribution in [0.2, 0.25) is 0 Å². The summed E-state index contributed by atoms with van der Waals surface area (Å²) in [5, 5.41) is 11.2. The highest BCUT2D eigenvalue weighted by Gasteiger charge is 2.18. The lowest BCUT2D eigenvalue weighted by molar-refractivity contribution is 0.0952. The lowest BCUT2D eigenvalue weighted by Gasteiger charge is -2.03. The van der Waals surface area contributed by atoms with Gasteiger partial charge in [0.2, 0.25) is 0 Å². The third-order valence-corrected chi connectivity index (χ3v) is 3.75. The molecule has 0 radical (unpaired) electrons. The summed E-state index contributed by atoms with van der Waals surface area (Å²) in [7, 11) is 0. The Morgan fingerprint density at radius 3 is 3.13 bits per heavy atom. The number of carbonyl (C=O) groups excluding carboxylic acids is 1. The normalized spacial score (nSPS) is 15.5. The van der Waals surface area contributed by atoms with Crippen molar-refractivity contribution in [3.63, 3.8) is 0 Å². The van der Waals surface area contributed by atoms with Gasteiger partial charge in [0, 0.05) is 4.88 Å². The summed E-state index contributed by atoms with van der Waals surface area (Å²) in [4.78, 5) is 13.7. The SMILES string of the molecule is CC(C#N)NC(=O)c1cc2c(s1)CCC2. The van der Waals surface area contributed by atoms with E-state index in [1.54, 1.807) is 18.3 Å². The zero-order chi connectivity index (χ0) is 10.8. The molecular weight excluding hydrogens is 208 g/mol. The summed E-state index contributed by atoms with van der Waals surface area (Å²) in [5.41, 5.74) is 1.31. The Morgan fingerprint density at radius 1 is 1.67 bits per heavy atom. The van der Waals surface area contributed by atoms with Crippen molar-refractivity contribution in [2.24, 2.45) is 0 Å². The predicted octanol–water partition coefficient (Wildman–Crippen LogP) is 1.88. The third-order valence-electron chi connectivity index (χ3n) is 2.51. The second-order valence-corrected chi connectivity index (χ2v) is 4.87. The van der Waals surface area contributed by atoms with Crippen LogP contribution < -0.4 is 5.32 Å². The van der Waals surface area contributed by atoms with E-state index in [0.717, 1.165) is 17.7 Å². The first kappa shape index (κ1) is 10.2. The minimum atomic E-state index is -0.422. The fourth-order valence-electron chi connectivity index (χ4n) is 1.74. The van der Waals surface area contributed by atoms with E-state index in [-0.39, 0.29) is 5.91 Å². The average molecular weight is 220 g/mol. The smallest absolute Gasteiger partial charge is 0.262 e. The van der Waals surface area contributed by atoms with Crippen LogP contribution in [-0.2, 0) is 12.8 Å². The van der Waals surface area contributed by atoms with Crippen LogP contribution in [0.5, 0.6) is 0 Å². The number of nitrogens with zero attached hydrogens (tertiary/aromatic N) is 1. The van der Waals surface area contributed by atoms with Crippen LogP contribution in [0.1, 0.15) is 33.5 Å². The molecule has 0 bridgehead atoms. The summed E-state index contributed by atoms with van der Waals surface area (Å²) in [6, 6.07) is 3.53. The molecule has 0 aromatic carbocycles. The summed E-state index contributed by atoms with van der Waals surface area (Å²) in [6.45, 7) is 1.68. The first-order chi connectivity index (χ1) is 7.20. The monoisotopic (exact) mass is 220 g/mol. The topological polar surface area (TPSA) is 52.9 Å². The van der Waals surface area contributed by atoms with E-state index in [9.17, 15) is 4.79 Å². The highest BCUT2D eigenvalue weighted by molar-refractivity contribution is 7.14. The molecule has 2 rings (SSSR count). The maximum Gasteiger partial charge on any atom is 0.262 e. The Bertz CT molecular complexity index is 409. The van der Waals surface area contributed by atoms with Gasteiger partial charge in [-0.2, -0.15) is 5.26 Å². The molecule has 1 aliphatic rings. The first-order valence-corrected chi connectivity index (χ1v) is 5.84. The van der Waals surface area contributed by atoms with Crippen molar-refractivity contribution in [2.75, 3.05) is 0 Å². The Hall–Kier alpha value is -1.34. The van der Waals surface area contributed by atoms with Crippen LogP contribution >= 0.6 is 11.3 Å². The molecule has 1 amide bonds. The summed E-state index contributed by atoms with van der Waals surface area (Å²) >= 11 is 1.56. The molecule has 0 spiro atoms. The fraction of sp³-hybridized carbons (Fsp3) is 0.455. The van der Waals surface area contributed by atoms with Gasteiger partial charge in [-0.15, -0.1) is 11.3 Å². The molecule has 0 saturated carbocycles. The molecule has 0 fully saturated rings. The standard InChI is InChI=1S/C11H12N2OS/c1-7(6-12)13-11(14)10-5-8-3-2-4-9(8)15-10/h5,7H,2-4H2,1H3,(H,13,14). The second kappa shape index (κ2) is 4.03. The molecule has 1 aromatic rings. The van der Waals surface area contributed by atoms with Crippen LogP contribution in [-0.4, -0.2) is 11.9 Å². The molecule has 4 heteroatoms. The van der Waals surface area contributed by atoms with Gasteiger partial charge < -0.3 is 5.32 Å². The number of nitrogens with one attached hydrogen (secondary N) is 1.